The van der Waals surface area contributed by atoms with Crippen molar-refractivity contribution in [2.75, 3.05) is 26.1 Å². The Labute approximate surface area is 139 Å². The van der Waals surface area contributed by atoms with Crippen LogP contribution < -0.4 is 4.74 Å². The molecule has 0 aliphatic heterocycles. The Balaban J connectivity index is 2.54. The number of carbonyl (C=O) groups excluding carboxylic acids is 1. The molecule has 1 amide bonds. The first-order chi connectivity index (χ1) is 10.2. The van der Waals surface area contributed by atoms with E-state index in [9.17, 15) is 4.79 Å². The molecule has 0 N–H and O–H groups in total. The lowest BCUT2D eigenvalue weighted by molar-refractivity contribution is -0.138. The van der Waals surface area contributed by atoms with Crippen LogP contribution in [-0.4, -0.2) is 36.9 Å². The standard InChI is InChI=1S/C18H28ClNO2/c1-13(2)16-8-7-15(11-14(16)3)22-10-9-20(6)17(21)18(4,5)12-19/h7-8,11,13H,9-10,12H2,1-6H3. The van der Waals surface area contributed by atoms with E-state index in [1.807, 2.05) is 19.9 Å². The molecule has 0 aliphatic carbocycles. The molecule has 0 unspecified atom stereocenters. The Morgan fingerprint density at radius 1 is 1.36 bits per heavy atom. The zero-order chi connectivity index (χ0) is 16.9. The van der Waals surface area contributed by atoms with E-state index in [4.69, 9.17) is 16.3 Å². The number of rotatable bonds is 7. The highest BCUT2D eigenvalue weighted by atomic mass is 35.5. The molecule has 1 rings (SSSR count). The van der Waals surface area contributed by atoms with Crippen molar-refractivity contribution in [1.82, 2.24) is 4.90 Å². The third-order valence-electron chi connectivity index (χ3n) is 3.82. The van der Waals surface area contributed by atoms with Crippen LogP contribution in [0.2, 0.25) is 0 Å². The summed E-state index contributed by atoms with van der Waals surface area (Å²) in [5.41, 5.74) is 2.04. The minimum absolute atomic E-state index is 0.0393. The number of halogens is 1. The number of carbonyl (C=O) groups is 1. The maximum absolute atomic E-state index is 12.2. The second-order valence-corrected chi connectivity index (χ2v) is 7.03. The molecule has 0 aliphatic rings. The molecule has 0 aromatic heterocycles. The number of amides is 1. The SMILES string of the molecule is Cc1cc(OCCN(C)C(=O)C(C)(C)CCl)ccc1C(C)C. The number of hydrogen-bond acceptors (Lipinski definition) is 2. The van der Waals surface area contributed by atoms with Crippen LogP contribution in [0.15, 0.2) is 18.2 Å². The van der Waals surface area contributed by atoms with Gasteiger partial charge < -0.3 is 9.64 Å². The van der Waals surface area contributed by atoms with Gasteiger partial charge in [0.2, 0.25) is 5.91 Å². The minimum atomic E-state index is -0.536. The highest BCUT2D eigenvalue weighted by Gasteiger charge is 2.29. The van der Waals surface area contributed by atoms with E-state index >= 15 is 0 Å². The normalized spacial score (nSPS) is 11.6. The molecule has 1 aromatic carbocycles. The second kappa shape index (κ2) is 7.87. The summed E-state index contributed by atoms with van der Waals surface area (Å²) in [5, 5.41) is 0. The minimum Gasteiger partial charge on any atom is -0.492 e. The van der Waals surface area contributed by atoms with Crippen molar-refractivity contribution >= 4 is 17.5 Å². The summed E-state index contributed by atoms with van der Waals surface area (Å²) < 4.78 is 5.76. The van der Waals surface area contributed by atoms with Gasteiger partial charge in [0.05, 0.1) is 12.0 Å². The first-order valence-corrected chi connectivity index (χ1v) is 8.27. The van der Waals surface area contributed by atoms with E-state index in [1.165, 1.54) is 11.1 Å². The highest BCUT2D eigenvalue weighted by molar-refractivity contribution is 6.19. The number of nitrogens with zero attached hydrogens (tertiary/aromatic N) is 1. The topological polar surface area (TPSA) is 29.5 Å². The third kappa shape index (κ3) is 4.91. The summed E-state index contributed by atoms with van der Waals surface area (Å²) in [7, 11) is 1.78. The summed E-state index contributed by atoms with van der Waals surface area (Å²) >= 11 is 5.84. The van der Waals surface area contributed by atoms with E-state index in [0.717, 1.165) is 5.75 Å². The lowest BCUT2D eigenvalue weighted by Crippen LogP contribution is -2.41. The molecule has 4 heteroatoms. The fraction of sp³-hybridized carbons (Fsp3) is 0.611. The Morgan fingerprint density at radius 2 is 2.00 bits per heavy atom. The predicted molar refractivity (Wildman–Crippen MR) is 92.9 cm³/mol. The summed E-state index contributed by atoms with van der Waals surface area (Å²) in [6.07, 6.45) is 0. The van der Waals surface area contributed by atoms with Gasteiger partial charge in [0.25, 0.3) is 0 Å². The van der Waals surface area contributed by atoms with E-state index in [-0.39, 0.29) is 5.91 Å². The van der Waals surface area contributed by atoms with Gasteiger partial charge in [0.15, 0.2) is 0 Å². The first kappa shape index (κ1) is 18.8. The molecule has 0 radical (unpaired) electrons. The van der Waals surface area contributed by atoms with Gasteiger partial charge in [-0.1, -0.05) is 19.9 Å². The van der Waals surface area contributed by atoms with Gasteiger partial charge in [-0.05, 0) is 49.9 Å². The van der Waals surface area contributed by atoms with Crippen LogP contribution in [0.4, 0.5) is 0 Å². The summed E-state index contributed by atoms with van der Waals surface area (Å²) in [6, 6.07) is 6.16. The molecular formula is C18H28ClNO2. The molecule has 0 heterocycles. The highest BCUT2D eigenvalue weighted by Crippen LogP contribution is 2.23. The largest absolute Gasteiger partial charge is 0.492 e. The van der Waals surface area contributed by atoms with Crippen molar-refractivity contribution in [3.8, 4) is 5.75 Å². The van der Waals surface area contributed by atoms with Crippen LogP contribution in [0, 0.1) is 12.3 Å². The van der Waals surface area contributed by atoms with Crippen LogP contribution in [0.1, 0.15) is 44.7 Å². The van der Waals surface area contributed by atoms with Crippen molar-refractivity contribution in [3.05, 3.63) is 29.3 Å². The van der Waals surface area contributed by atoms with E-state index < -0.39 is 5.41 Å². The van der Waals surface area contributed by atoms with Gasteiger partial charge in [-0.3, -0.25) is 4.79 Å². The second-order valence-electron chi connectivity index (χ2n) is 6.77. The molecule has 1 aromatic rings. The molecule has 22 heavy (non-hydrogen) atoms. The molecule has 0 spiro atoms. The Kier molecular flexibility index (Phi) is 6.73. The number of ether oxygens (including phenoxy) is 1. The zero-order valence-electron chi connectivity index (χ0n) is 14.6. The van der Waals surface area contributed by atoms with E-state index in [0.29, 0.717) is 24.9 Å². The number of alkyl halides is 1. The first-order valence-electron chi connectivity index (χ1n) is 7.74. The van der Waals surface area contributed by atoms with Crippen LogP contribution in [0.5, 0.6) is 5.75 Å². The number of likely N-dealkylation sites (N-methyl/N-ethyl adjacent to an activating group) is 1. The molecule has 3 nitrogen and oxygen atoms in total. The fourth-order valence-corrected chi connectivity index (χ4v) is 2.48. The average molecular weight is 326 g/mol. The van der Waals surface area contributed by atoms with Crippen molar-refractivity contribution in [1.29, 1.82) is 0 Å². The van der Waals surface area contributed by atoms with Gasteiger partial charge in [-0.25, -0.2) is 0 Å². The van der Waals surface area contributed by atoms with Gasteiger partial charge >= 0.3 is 0 Å². The van der Waals surface area contributed by atoms with Gasteiger partial charge in [-0.15, -0.1) is 11.6 Å². The Bertz CT molecular complexity index is 512. The number of benzene rings is 1. The Hall–Kier alpha value is -1.22. The van der Waals surface area contributed by atoms with Gasteiger partial charge in [0.1, 0.15) is 12.4 Å². The molecule has 0 bridgehead atoms. The van der Waals surface area contributed by atoms with E-state index in [2.05, 4.69) is 32.9 Å². The molecule has 0 saturated heterocycles. The van der Waals surface area contributed by atoms with Crippen molar-refractivity contribution in [2.45, 2.75) is 40.5 Å². The Morgan fingerprint density at radius 3 is 2.50 bits per heavy atom. The summed E-state index contributed by atoms with van der Waals surface area (Å²) in [5.74, 6) is 1.71. The number of hydrogen-bond donors (Lipinski definition) is 0. The van der Waals surface area contributed by atoms with Crippen LogP contribution >= 0.6 is 11.6 Å². The summed E-state index contributed by atoms with van der Waals surface area (Å²) in [4.78, 5) is 13.9. The zero-order valence-corrected chi connectivity index (χ0v) is 15.3. The van der Waals surface area contributed by atoms with Crippen molar-refractivity contribution < 1.29 is 9.53 Å². The quantitative estimate of drug-likeness (QED) is 0.702. The summed E-state index contributed by atoms with van der Waals surface area (Å²) in [6.45, 7) is 11.2. The average Bonchev–Trinajstić information content (AvgIpc) is 2.45. The maximum Gasteiger partial charge on any atom is 0.229 e. The number of aryl methyl sites for hydroxylation is 1. The molecular weight excluding hydrogens is 298 g/mol. The van der Waals surface area contributed by atoms with Gasteiger partial charge in [-0.2, -0.15) is 0 Å². The molecule has 0 fully saturated rings. The maximum atomic E-state index is 12.2. The third-order valence-corrected chi connectivity index (χ3v) is 4.49. The van der Waals surface area contributed by atoms with Crippen molar-refractivity contribution in [3.63, 3.8) is 0 Å². The smallest absolute Gasteiger partial charge is 0.229 e. The van der Waals surface area contributed by atoms with Crippen LogP contribution in [0.25, 0.3) is 0 Å². The molecule has 124 valence electrons. The van der Waals surface area contributed by atoms with Crippen molar-refractivity contribution in [2.24, 2.45) is 5.41 Å². The van der Waals surface area contributed by atoms with Gasteiger partial charge in [0, 0.05) is 12.9 Å². The van der Waals surface area contributed by atoms with Crippen LogP contribution in [0.3, 0.4) is 0 Å². The van der Waals surface area contributed by atoms with E-state index in [1.54, 1.807) is 11.9 Å². The molecule has 0 saturated carbocycles. The predicted octanol–water partition coefficient (Wildman–Crippen LogP) is 4.22. The lowest BCUT2D eigenvalue weighted by atomic mass is 9.94. The van der Waals surface area contributed by atoms with Crippen LogP contribution in [-0.2, 0) is 4.79 Å². The molecule has 0 atom stereocenters. The fourth-order valence-electron chi connectivity index (χ4n) is 2.36. The monoisotopic (exact) mass is 325 g/mol. The lowest BCUT2D eigenvalue weighted by Gasteiger charge is -2.27.